The van der Waals surface area contributed by atoms with Crippen LogP contribution in [0.5, 0.6) is 0 Å². The maximum atomic E-state index is 12.9. The van der Waals surface area contributed by atoms with Gasteiger partial charge < -0.3 is 10.0 Å². The summed E-state index contributed by atoms with van der Waals surface area (Å²) in [6, 6.07) is 12.1. The molecule has 0 bridgehead atoms. The lowest BCUT2D eigenvalue weighted by atomic mass is 9.89. The molecule has 1 aliphatic carbocycles. The highest BCUT2D eigenvalue weighted by Crippen LogP contribution is 2.49. The average molecular weight is 389 g/mol. The molecular weight excluding hydrogens is 371 g/mol. The third kappa shape index (κ3) is 3.37. The van der Waals surface area contributed by atoms with E-state index in [9.17, 15) is 27.9 Å². The Balaban J connectivity index is 1.48. The largest absolute Gasteiger partial charge is 0.481 e. The third-order valence-corrected chi connectivity index (χ3v) is 5.58. The Hall–Kier alpha value is -2.83. The van der Waals surface area contributed by atoms with Gasteiger partial charge in [-0.05, 0) is 41.2 Å². The number of nitrogens with zero attached hydrogens (tertiary/aromatic N) is 1. The van der Waals surface area contributed by atoms with Crippen LogP contribution in [0.15, 0.2) is 48.5 Å². The second-order valence-corrected chi connectivity index (χ2v) is 7.38. The molecule has 1 saturated carbocycles. The molecule has 0 saturated heterocycles. The summed E-state index contributed by atoms with van der Waals surface area (Å²) in [5, 5.41) is 9.53. The minimum absolute atomic E-state index is 0.113. The molecule has 1 N–H and O–H groups in total. The number of aliphatic carboxylic acids is 1. The van der Waals surface area contributed by atoms with Crippen LogP contribution in [0.4, 0.5) is 13.2 Å². The van der Waals surface area contributed by atoms with Gasteiger partial charge in [-0.15, -0.1) is 0 Å². The lowest BCUT2D eigenvalue weighted by molar-refractivity contribution is -0.142. The summed E-state index contributed by atoms with van der Waals surface area (Å²) in [6.07, 6.45) is -3.82. The minimum Gasteiger partial charge on any atom is -0.481 e. The molecule has 4 rings (SSSR count). The van der Waals surface area contributed by atoms with Gasteiger partial charge in [0.15, 0.2) is 0 Å². The number of amides is 1. The number of alkyl halides is 3. The molecule has 1 aliphatic heterocycles. The number of rotatable bonds is 3. The van der Waals surface area contributed by atoms with Crippen molar-refractivity contribution in [3.8, 4) is 0 Å². The van der Waals surface area contributed by atoms with Crippen LogP contribution in [-0.4, -0.2) is 28.4 Å². The number of hydrogen-bond donors (Lipinski definition) is 1. The molecule has 0 spiro atoms. The van der Waals surface area contributed by atoms with Gasteiger partial charge in [0.1, 0.15) is 0 Å². The van der Waals surface area contributed by atoms with Crippen molar-refractivity contribution in [2.75, 3.05) is 6.54 Å². The van der Waals surface area contributed by atoms with E-state index in [-0.39, 0.29) is 24.3 Å². The molecule has 2 aliphatic rings. The monoisotopic (exact) mass is 389 g/mol. The van der Waals surface area contributed by atoms with Gasteiger partial charge in [0, 0.05) is 19.0 Å². The number of hydrogen-bond acceptors (Lipinski definition) is 2. The number of carbonyl (C=O) groups is 2. The minimum atomic E-state index is -4.38. The van der Waals surface area contributed by atoms with E-state index in [1.807, 2.05) is 12.1 Å². The van der Waals surface area contributed by atoms with E-state index < -0.39 is 23.6 Å². The number of halogens is 3. The molecule has 28 heavy (non-hydrogen) atoms. The first-order chi connectivity index (χ1) is 13.3. The number of carboxylic acid groups (broad SMARTS) is 1. The summed E-state index contributed by atoms with van der Waals surface area (Å²) in [6.45, 7) is 0.469. The molecule has 0 aromatic heterocycles. The van der Waals surface area contributed by atoms with Gasteiger partial charge in [-0.3, -0.25) is 9.59 Å². The number of benzene rings is 2. The molecule has 1 heterocycles. The first-order valence-corrected chi connectivity index (χ1v) is 9.02. The fraction of sp³-hybridized carbons (Fsp3) is 0.333. The van der Waals surface area contributed by atoms with Gasteiger partial charge in [0.25, 0.3) is 0 Å². The van der Waals surface area contributed by atoms with Crippen LogP contribution in [0.3, 0.4) is 0 Å². The average Bonchev–Trinajstić information content (AvgIpc) is 3.46. The molecule has 2 aromatic rings. The Morgan fingerprint density at radius 2 is 1.71 bits per heavy atom. The Labute approximate surface area is 159 Å². The van der Waals surface area contributed by atoms with E-state index in [2.05, 4.69) is 0 Å². The predicted octanol–water partition coefficient (Wildman–Crippen LogP) is 4.02. The fourth-order valence-electron chi connectivity index (χ4n) is 3.98. The Morgan fingerprint density at radius 1 is 1.04 bits per heavy atom. The van der Waals surface area contributed by atoms with Crippen molar-refractivity contribution in [1.82, 2.24) is 4.90 Å². The summed E-state index contributed by atoms with van der Waals surface area (Å²) in [5.41, 5.74) is 1.55. The molecule has 4 nitrogen and oxygen atoms in total. The summed E-state index contributed by atoms with van der Waals surface area (Å²) < 4.78 is 38.1. The van der Waals surface area contributed by atoms with Crippen LogP contribution in [0.25, 0.3) is 0 Å². The van der Waals surface area contributed by atoms with E-state index in [4.69, 9.17) is 0 Å². The van der Waals surface area contributed by atoms with Crippen LogP contribution < -0.4 is 0 Å². The number of carboxylic acids is 1. The standard InChI is InChI=1S/C21H18F3NO3/c22-21(23,24)14-7-5-12(6-8-14)16-9-17(16)19(26)25-10-13-3-1-2-4-15(13)18(11-25)20(27)28/h1-8,16-18H,9-11H2,(H,27,28). The summed E-state index contributed by atoms with van der Waals surface area (Å²) in [4.78, 5) is 26.1. The second-order valence-electron chi connectivity index (χ2n) is 7.38. The zero-order valence-corrected chi connectivity index (χ0v) is 14.8. The van der Waals surface area contributed by atoms with Crippen LogP contribution in [0.2, 0.25) is 0 Å². The first kappa shape index (κ1) is 18.5. The Kier molecular flexibility index (Phi) is 4.40. The lowest BCUT2D eigenvalue weighted by Gasteiger charge is -2.33. The maximum absolute atomic E-state index is 12.9. The fourth-order valence-corrected chi connectivity index (χ4v) is 3.98. The van der Waals surface area contributed by atoms with Gasteiger partial charge in [-0.2, -0.15) is 13.2 Å². The van der Waals surface area contributed by atoms with Gasteiger partial charge >= 0.3 is 12.1 Å². The zero-order valence-electron chi connectivity index (χ0n) is 14.8. The van der Waals surface area contributed by atoms with Crippen molar-refractivity contribution in [1.29, 1.82) is 0 Å². The molecule has 3 atom stereocenters. The number of fused-ring (bicyclic) bond motifs is 1. The molecule has 0 radical (unpaired) electrons. The van der Waals surface area contributed by atoms with E-state index in [0.717, 1.165) is 23.3 Å². The van der Waals surface area contributed by atoms with Crippen LogP contribution in [-0.2, 0) is 22.3 Å². The van der Waals surface area contributed by atoms with Crippen molar-refractivity contribution in [2.24, 2.45) is 5.92 Å². The van der Waals surface area contributed by atoms with Crippen molar-refractivity contribution in [3.05, 3.63) is 70.8 Å². The van der Waals surface area contributed by atoms with Gasteiger partial charge in [0.05, 0.1) is 11.5 Å². The smallest absolute Gasteiger partial charge is 0.416 e. The number of carbonyl (C=O) groups excluding carboxylic acids is 1. The Morgan fingerprint density at radius 3 is 2.36 bits per heavy atom. The van der Waals surface area contributed by atoms with E-state index in [1.54, 1.807) is 17.0 Å². The maximum Gasteiger partial charge on any atom is 0.416 e. The molecule has 146 valence electrons. The van der Waals surface area contributed by atoms with Crippen LogP contribution >= 0.6 is 0 Å². The first-order valence-electron chi connectivity index (χ1n) is 9.02. The van der Waals surface area contributed by atoms with E-state index in [1.165, 1.54) is 12.1 Å². The van der Waals surface area contributed by atoms with Crippen molar-refractivity contribution >= 4 is 11.9 Å². The second kappa shape index (κ2) is 6.65. The SMILES string of the molecule is O=C(O)C1CN(C(=O)C2CC2c2ccc(C(F)(F)F)cc2)Cc2ccccc21. The van der Waals surface area contributed by atoms with Crippen LogP contribution in [0, 0.1) is 5.92 Å². The van der Waals surface area contributed by atoms with Gasteiger partial charge in [-0.25, -0.2) is 0 Å². The van der Waals surface area contributed by atoms with E-state index in [0.29, 0.717) is 18.5 Å². The predicted molar refractivity (Wildman–Crippen MR) is 94.5 cm³/mol. The summed E-state index contributed by atoms with van der Waals surface area (Å²) >= 11 is 0. The molecule has 1 amide bonds. The zero-order chi connectivity index (χ0) is 20.1. The Bertz CT molecular complexity index is 923. The topological polar surface area (TPSA) is 57.6 Å². The highest BCUT2D eigenvalue weighted by atomic mass is 19.4. The van der Waals surface area contributed by atoms with Crippen molar-refractivity contribution in [2.45, 2.75) is 31.0 Å². The molecule has 7 heteroatoms. The normalized spacial score (nSPS) is 23.8. The third-order valence-electron chi connectivity index (χ3n) is 5.58. The molecule has 3 unspecified atom stereocenters. The highest BCUT2D eigenvalue weighted by Gasteiger charge is 2.47. The van der Waals surface area contributed by atoms with Crippen molar-refractivity contribution < 1.29 is 27.9 Å². The van der Waals surface area contributed by atoms with Gasteiger partial charge in [0.2, 0.25) is 5.91 Å². The van der Waals surface area contributed by atoms with E-state index >= 15 is 0 Å². The molecule has 1 fully saturated rings. The summed E-state index contributed by atoms with van der Waals surface area (Å²) in [7, 11) is 0. The lowest BCUT2D eigenvalue weighted by Crippen LogP contribution is -2.41. The van der Waals surface area contributed by atoms with Crippen LogP contribution in [0.1, 0.15) is 40.5 Å². The van der Waals surface area contributed by atoms with Crippen molar-refractivity contribution in [3.63, 3.8) is 0 Å². The highest BCUT2D eigenvalue weighted by molar-refractivity contribution is 5.85. The molecular formula is C21H18F3NO3. The summed E-state index contributed by atoms with van der Waals surface area (Å²) in [5.74, 6) is -2.30. The quantitative estimate of drug-likeness (QED) is 0.863. The van der Waals surface area contributed by atoms with Gasteiger partial charge in [-0.1, -0.05) is 36.4 Å². The molecule has 2 aromatic carbocycles.